The van der Waals surface area contributed by atoms with Gasteiger partial charge in [0.1, 0.15) is 11.6 Å². The maximum absolute atomic E-state index is 11.8. The number of carbonyl (C=O) groups excluding carboxylic acids is 1. The largest absolute Gasteiger partial charge is 0.461 e. The summed E-state index contributed by atoms with van der Waals surface area (Å²) in [7, 11) is 0. The Kier molecular flexibility index (Phi) is 5.00. The number of hydrogen-bond acceptors (Lipinski definition) is 5. The third-order valence-corrected chi connectivity index (χ3v) is 3.53. The molecule has 1 aliphatic rings. The van der Waals surface area contributed by atoms with Crippen LogP contribution in [0.1, 0.15) is 49.4 Å². The highest BCUT2D eigenvalue weighted by Gasteiger charge is 2.23. The fourth-order valence-corrected chi connectivity index (χ4v) is 2.49. The molecule has 0 aliphatic carbocycles. The van der Waals surface area contributed by atoms with Gasteiger partial charge in [0.15, 0.2) is 5.69 Å². The van der Waals surface area contributed by atoms with Crippen molar-refractivity contribution in [2.45, 2.75) is 52.2 Å². The number of rotatable bonds is 5. The Hall–Kier alpha value is -1.56. The molecule has 0 radical (unpaired) electrons. The molecule has 6 nitrogen and oxygen atoms in total. The lowest BCUT2D eigenvalue weighted by Gasteiger charge is -2.24. The Labute approximate surface area is 119 Å². The summed E-state index contributed by atoms with van der Waals surface area (Å²) < 4.78 is 12.6. The molecular weight excluding hydrogens is 258 g/mol. The number of anilines is 1. The summed E-state index contributed by atoms with van der Waals surface area (Å²) in [5, 5.41) is 0. The molecule has 0 bridgehead atoms. The first-order valence-electron chi connectivity index (χ1n) is 7.30. The van der Waals surface area contributed by atoms with Gasteiger partial charge in [0.2, 0.25) is 0 Å². The van der Waals surface area contributed by atoms with Crippen LogP contribution in [-0.4, -0.2) is 34.8 Å². The van der Waals surface area contributed by atoms with Crippen molar-refractivity contribution in [3.8, 4) is 0 Å². The lowest BCUT2D eigenvalue weighted by atomic mass is 10.1. The van der Waals surface area contributed by atoms with Gasteiger partial charge in [-0.1, -0.05) is 6.92 Å². The van der Waals surface area contributed by atoms with Gasteiger partial charge in [-0.2, -0.15) is 0 Å². The van der Waals surface area contributed by atoms with Crippen molar-refractivity contribution >= 4 is 11.8 Å². The summed E-state index contributed by atoms with van der Waals surface area (Å²) >= 11 is 0. The van der Waals surface area contributed by atoms with Gasteiger partial charge in [-0.3, -0.25) is 0 Å². The van der Waals surface area contributed by atoms with Crippen molar-refractivity contribution in [1.82, 2.24) is 9.55 Å². The molecule has 1 aromatic rings. The number of nitrogen functional groups attached to an aromatic ring is 1. The van der Waals surface area contributed by atoms with E-state index in [-0.39, 0.29) is 11.8 Å². The summed E-state index contributed by atoms with van der Waals surface area (Å²) in [5.74, 6) is 0.734. The first kappa shape index (κ1) is 14.8. The topological polar surface area (TPSA) is 79.4 Å². The van der Waals surface area contributed by atoms with E-state index in [2.05, 4.69) is 4.98 Å². The van der Waals surface area contributed by atoms with Crippen molar-refractivity contribution in [3.05, 3.63) is 11.5 Å². The fraction of sp³-hybridized carbons (Fsp3) is 0.714. The number of aryl methyl sites for hydroxylation is 1. The zero-order valence-electron chi connectivity index (χ0n) is 12.2. The van der Waals surface area contributed by atoms with E-state index in [1.54, 1.807) is 6.92 Å². The average molecular weight is 281 g/mol. The van der Waals surface area contributed by atoms with Crippen LogP contribution in [0.15, 0.2) is 0 Å². The highest BCUT2D eigenvalue weighted by Crippen LogP contribution is 2.21. The van der Waals surface area contributed by atoms with E-state index >= 15 is 0 Å². The molecule has 1 aliphatic heterocycles. The molecule has 0 amide bonds. The maximum atomic E-state index is 11.8. The molecule has 1 unspecified atom stereocenters. The normalized spacial score (nSPS) is 19.0. The van der Waals surface area contributed by atoms with Gasteiger partial charge in [-0.15, -0.1) is 0 Å². The third kappa shape index (κ3) is 3.12. The molecule has 1 atom stereocenters. The molecule has 112 valence electrons. The average Bonchev–Trinajstić information content (AvgIpc) is 2.77. The molecule has 2 rings (SSSR count). The summed E-state index contributed by atoms with van der Waals surface area (Å²) in [6, 6.07) is 0. The zero-order chi connectivity index (χ0) is 14.5. The van der Waals surface area contributed by atoms with Crippen molar-refractivity contribution in [2.24, 2.45) is 0 Å². The van der Waals surface area contributed by atoms with Crippen LogP contribution in [0.3, 0.4) is 0 Å². The highest BCUT2D eigenvalue weighted by atomic mass is 16.5. The lowest BCUT2D eigenvalue weighted by molar-refractivity contribution is 0.00587. The molecule has 1 fully saturated rings. The van der Waals surface area contributed by atoms with Crippen LogP contribution in [0.5, 0.6) is 0 Å². The second-order valence-electron chi connectivity index (χ2n) is 4.94. The minimum Gasteiger partial charge on any atom is -0.461 e. The molecule has 0 aromatic carbocycles. The van der Waals surface area contributed by atoms with Crippen LogP contribution in [0.25, 0.3) is 0 Å². The van der Waals surface area contributed by atoms with Gasteiger partial charge in [-0.05, 0) is 26.2 Å². The number of ether oxygens (including phenoxy) is 2. The first-order valence-corrected chi connectivity index (χ1v) is 7.30. The van der Waals surface area contributed by atoms with Crippen molar-refractivity contribution in [1.29, 1.82) is 0 Å². The second kappa shape index (κ2) is 6.74. The Morgan fingerprint density at radius 3 is 2.90 bits per heavy atom. The van der Waals surface area contributed by atoms with Crippen LogP contribution < -0.4 is 5.73 Å². The molecule has 20 heavy (non-hydrogen) atoms. The Morgan fingerprint density at radius 1 is 1.50 bits per heavy atom. The quantitative estimate of drug-likeness (QED) is 0.832. The molecule has 0 spiro atoms. The third-order valence-electron chi connectivity index (χ3n) is 3.53. The Balaban J connectivity index is 2.20. The molecule has 2 N–H and O–H groups in total. The van der Waals surface area contributed by atoms with E-state index in [0.717, 1.165) is 31.7 Å². The number of nitrogens with zero attached hydrogens (tertiary/aromatic N) is 2. The molecule has 1 aromatic heterocycles. The van der Waals surface area contributed by atoms with Crippen molar-refractivity contribution < 1.29 is 14.3 Å². The van der Waals surface area contributed by atoms with E-state index in [1.807, 2.05) is 11.5 Å². The highest BCUT2D eigenvalue weighted by molar-refractivity contribution is 5.92. The van der Waals surface area contributed by atoms with Crippen LogP contribution in [0, 0.1) is 0 Å². The zero-order valence-corrected chi connectivity index (χ0v) is 12.2. The molecule has 0 saturated carbocycles. The molecular formula is C14H23N3O3. The first-order chi connectivity index (χ1) is 9.67. The molecule has 6 heteroatoms. The van der Waals surface area contributed by atoms with Gasteiger partial charge in [-0.25, -0.2) is 9.78 Å². The monoisotopic (exact) mass is 281 g/mol. The molecule has 2 heterocycles. The van der Waals surface area contributed by atoms with Crippen LogP contribution >= 0.6 is 0 Å². The fourth-order valence-electron chi connectivity index (χ4n) is 2.49. The van der Waals surface area contributed by atoms with Gasteiger partial charge in [0.05, 0.1) is 19.3 Å². The summed E-state index contributed by atoms with van der Waals surface area (Å²) in [6.07, 6.45) is 4.18. The number of hydrogen-bond donors (Lipinski definition) is 1. The van der Waals surface area contributed by atoms with E-state index in [1.165, 1.54) is 6.42 Å². The minimum absolute atomic E-state index is 0.153. The van der Waals surface area contributed by atoms with Crippen molar-refractivity contribution in [2.75, 3.05) is 18.9 Å². The van der Waals surface area contributed by atoms with Crippen LogP contribution in [-0.2, 0) is 22.4 Å². The van der Waals surface area contributed by atoms with E-state index in [0.29, 0.717) is 19.0 Å². The smallest absolute Gasteiger partial charge is 0.360 e. The number of aromatic nitrogens is 2. The second-order valence-corrected chi connectivity index (χ2v) is 4.94. The Morgan fingerprint density at radius 2 is 2.30 bits per heavy atom. The minimum atomic E-state index is -0.456. The number of carbonyl (C=O) groups is 1. The van der Waals surface area contributed by atoms with E-state index < -0.39 is 5.97 Å². The maximum Gasteiger partial charge on any atom is 0.360 e. The van der Waals surface area contributed by atoms with Gasteiger partial charge < -0.3 is 19.8 Å². The standard InChI is InChI=1S/C14H23N3O3/c1-3-11-16-12(14(18)19-4-2)13(15)17(11)9-10-7-5-6-8-20-10/h10H,3-9,15H2,1-2H3. The number of nitrogens with two attached hydrogens (primary N) is 1. The molecule has 1 saturated heterocycles. The Bertz CT molecular complexity index is 464. The van der Waals surface area contributed by atoms with Crippen LogP contribution in [0.2, 0.25) is 0 Å². The predicted octanol–water partition coefficient (Wildman–Crippen LogP) is 1.77. The summed E-state index contributed by atoms with van der Waals surface area (Å²) in [6.45, 7) is 5.53. The van der Waals surface area contributed by atoms with E-state index in [9.17, 15) is 4.79 Å². The SMILES string of the molecule is CCOC(=O)c1nc(CC)n(CC2CCCCO2)c1N. The van der Waals surface area contributed by atoms with E-state index in [4.69, 9.17) is 15.2 Å². The van der Waals surface area contributed by atoms with Crippen LogP contribution in [0.4, 0.5) is 5.82 Å². The number of imidazole rings is 1. The predicted molar refractivity (Wildman–Crippen MR) is 75.6 cm³/mol. The summed E-state index contributed by atoms with van der Waals surface area (Å²) in [5.41, 5.74) is 6.29. The van der Waals surface area contributed by atoms with Gasteiger partial charge in [0, 0.05) is 13.0 Å². The van der Waals surface area contributed by atoms with Crippen molar-refractivity contribution in [3.63, 3.8) is 0 Å². The number of esters is 1. The van der Waals surface area contributed by atoms with Gasteiger partial charge >= 0.3 is 5.97 Å². The summed E-state index contributed by atoms with van der Waals surface area (Å²) in [4.78, 5) is 16.2. The van der Waals surface area contributed by atoms with Gasteiger partial charge in [0.25, 0.3) is 0 Å². The lowest BCUT2D eigenvalue weighted by Crippen LogP contribution is -2.26.